The van der Waals surface area contributed by atoms with Crippen LogP contribution < -0.4 is 0 Å². The summed E-state index contributed by atoms with van der Waals surface area (Å²) in [5.41, 5.74) is 2.96. The van der Waals surface area contributed by atoms with E-state index in [1.54, 1.807) is 0 Å². The third-order valence-electron chi connectivity index (χ3n) is 5.94. The van der Waals surface area contributed by atoms with Crippen molar-refractivity contribution in [2.24, 2.45) is 0 Å². The van der Waals surface area contributed by atoms with Crippen molar-refractivity contribution in [2.45, 2.75) is 50.2 Å². The van der Waals surface area contributed by atoms with Gasteiger partial charge in [0, 0.05) is 5.56 Å². The molecule has 2 saturated heterocycles. The van der Waals surface area contributed by atoms with E-state index in [-0.39, 0.29) is 6.61 Å². The molecule has 6 atom stereocenters. The molecule has 2 fully saturated rings. The molecule has 0 aliphatic carbocycles. The van der Waals surface area contributed by atoms with Crippen LogP contribution in [0.4, 0.5) is 0 Å². The highest BCUT2D eigenvalue weighted by Crippen LogP contribution is 2.36. The fraction of sp³-hybridized carbons (Fsp3) is 0.333. The molecule has 172 valence electrons. The van der Waals surface area contributed by atoms with E-state index in [1.807, 2.05) is 91.0 Å². The SMILES string of the molecule is O[C@H]1O[C@@H]2CO[C@@H](c3ccccc3)O[C@H]2[C@H](OCc2ccccc2)[C@H]1OCc1ccccc1. The first-order valence-electron chi connectivity index (χ1n) is 11.2. The monoisotopic (exact) mass is 448 g/mol. The van der Waals surface area contributed by atoms with Crippen molar-refractivity contribution >= 4 is 0 Å². The Morgan fingerprint density at radius 3 is 1.85 bits per heavy atom. The lowest BCUT2D eigenvalue weighted by atomic mass is 9.97. The molecule has 0 saturated carbocycles. The Bertz CT molecular complexity index is 983. The molecule has 6 nitrogen and oxygen atoms in total. The summed E-state index contributed by atoms with van der Waals surface area (Å²) in [6.45, 7) is 0.984. The van der Waals surface area contributed by atoms with Crippen LogP contribution in [0.2, 0.25) is 0 Å². The molecule has 2 heterocycles. The van der Waals surface area contributed by atoms with Crippen LogP contribution >= 0.6 is 0 Å². The van der Waals surface area contributed by atoms with Gasteiger partial charge in [-0.1, -0.05) is 91.0 Å². The van der Waals surface area contributed by atoms with Gasteiger partial charge in [0.25, 0.3) is 0 Å². The molecule has 5 rings (SSSR count). The predicted octanol–water partition coefficient (Wildman–Crippen LogP) is 3.99. The van der Waals surface area contributed by atoms with Gasteiger partial charge in [0.05, 0.1) is 19.8 Å². The Hall–Kier alpha value is -2.58. The van der Waals surface area contributed by atoms with Gasteiger partial charge in [-0.25, -0.2) is 0 Å². The highest BCUT2D eigenvalue weighted by atomic mass is 16.7. The average molecular weight is 449 g/mol. The highest BCUT2D eigenvalue weighted by Gasteiger charge is 2.51. The van der Waals surface area contributed by atoms with E-state index in [4.69, 9.17) is 23.7 Å². The molecule has 1 N–H and O–H groups in total. The quantitative estimate of drug-likeness (QED) is 0.590. The van der Waals surface area contributed by atoms with Gasteiger partial charge in [-0.2, -0.15) is 0 Å². The van der Waals surface area contributed by atoms with Gasteiger partial charge in [0.1, 0.15) is 24.4 Å². The summed E-state index contributed by atoms with van der Waals surface area (Å²) in [6, 6.07) is 29.5. The molecule has 6 heteroatoms. The number of hydrogen-bond acceptors (Lipinski definition) is 6. The summed E-state index contributed by atoms with van der Waals surface area (Å²) in [7, 11) is 0. The second-order valence-corrected chi connectivity index (χ2v) is 8.26. The molecule has 0 bridgehead atoms. The largest absolute Gasteiger partial charge is 0.368 e. The predicted molar refractivity (Wildman–Crippen MR) is 121 cm³/mol. The van der Waals surface area contributed by atoms with Crippen molar-refractivity contribution in [3.8, 4) is 0 Å². The van der Waals surface area contributed by atoms with Crippen LogP contribution in [0.15, 0.2) is 91.0 Å². The van der Waals surface area contributed by atoms with Crippen molar-refractivity contribution in [1.29, 1.82) is 0 Å². The van der Waals surface area contributed by atoms with Crippen LogP contribution in [0.5, 0.6) is 0 Å². The van der Waals surface area contributed by atoms with Gasteiger partial charge < -0.3 is 28.8 Å². The molecule has 0 unspecified atom stereocenters. The van der Waals surface area contributed by atoms with E-state index in [2.05, 4.69) is 0 Å². The lowest BCUT2D eigenvalue weighted by molar-refractivity contribution is -0.366. The number of aliphatic hydroxyl groups is 1. The minimum absolute atomic E-state index is 0.290. The molecular weight excluding hydrogens is 420 g/mol. The number of fused-ring (bicyclic) bond motifs is 1. The zero-order valence-electron chi connectivity index (χ0n) is 18.2. The summed E-state index contributed by atoms with van der Waals surface area (Å²) in [6.07, 6.45) is -3.88. The van der Waals surface area contributed by atoms with E-state index in [0.717, 1.165) is 16.7 Å². The summed E-state index contributed by atoms with van der Waals surface area (Å²) in [5.74, 6) is 0. The van der Waals surface area contributed by atoms with Crippen LogP contribution in [-0.2, 0) is 36.9 Å². The van der Waals surface area contributed by atoms with Crippen LogP contribution in [-0.4, -0.2) is 42.4 Å². The Labute approximate surface area is 193 Å². The van der Waals surface area contributed by atoms with Gasteiger partial charge in [-0.3, -0.25) is 0 Å². The maximum atomic E-state index is 10.8. The number of rotatable bonds is 7. The molecule has 0 amide bonds. The van der Waals surface area contributed by atoms with Gasteiger partial charge in [0.2, 0.25) is 0 Å². The number of benzene rings is 3. The van der Waals surface area contributed by atoms with Gasteiger partial charge >= 0.3 is 0 Å². The lowest BCUT2D eigenvalue weighted by Crippen LogP contribution is -2.63. The molecular formula is C27H28O6. The van der Waals surface area contributed by atoms with Crippen LogP contribution in [0.25, 0.3) is 0 Å². The molecule has 2 aliphatic rings. The third kappa shape index (κ3) is 5.33. The van der Waals surface area contributed by atoms with Crippen molar-refractivity contribution in [2.75, 3.05) is 6.61 Å². The molecule has 0 radical (unpaired) electrons. The zero-order chi connectivity index (χ0) is 22.5. The third-order valence-corrected chi connectivity index (χ3v) is 5.94. The van der Waals surface area contributed by atoms with E-state index in [9.17, 15) is 5.11 Å². The Balaban J connectivity index is 1.36. The van der Waals surface area contributed by atoms with E-state index in [0.29, 0.717) is 13.2 Å². The lowest BCUT2D eigenvalue weighted by Gasteiger charge is -2.47. The second-order valence-electron chi connectivity index (χ2n) is 8.26. The summed E-state index contributed by atoms with van der Waals surface area (Å²) in [5, 5.41) is 10.8. The van der Waals surface area contributed by atoms with Crippen molar-refractivity contribution < 1.29 is 28.8 Å². The Morgan fingerprint density at radius 1 is 0.697 bits per heavy atom. The minimum Gasteiger partial charge on any atom is -0.368 e. The average Bonchev–Trinajstić information content (AvgIpc) is 2.88. The molecule has 2 aliphatic heterocycles. The summed E-state index contributed by atoms with van der Waals surface area (Å²) < 4.78 is 30.6. The molecule has 3 aromatic carbocycles. The molecule has 33 heavy (non-hydrogen) atoms. The van der Waals surface area contributed by atoms with Crippen LogP contribution in [0.1, 0.15) is 23.0 Å². The van der Waals surface area contributed by atoms with Crippen molar-refractivity contribution in [3.05, 3.63) is 108 Å². The number of hydrogen-bond donors (Lipinski definition) is 1. The van der Waals surface area contributed by atoms with Gasteiger partial charge in [-0.15, -0.1) is 0 Å². The standard InChI is InChI=1S/C27H28O6/c28-26-25(30-17-20-12-6-2-7-13-20)24(29-16-19-10-4-1-5-11-19)23-22(32-26)18-31-27(33-23)21-14-8-3-9-15-21/h1-15,22-28H,16-18H2/t22-,23-,24+,25-,26+,27-/m1/s1. The van der Waals surface area contributed by atoms with Crippen molar-refractivity contribution in [1.82, 2.24) is 0 Å². The minimum atomic E-state index is -1.16. The van der Waals surface area contributed by atoms with Crippen LogP contribution in [0, 0.1) is 0 Å². The maximum absolute atomic E-state index is 10.8. The summed E-state index contributed by atoms with van der Waals surface area (Å²) >= 11 is 0. The van der Waals surface area contributed by atoms with Crippen LogP contribution in [0.3, 0.4) is 0 Å². The number of ether oxygens (including phenoxy) is 5. The normalized spacial score (nSPS) is 29.4. The maximum Gasteiger partial charge on any atom is 0.184 e. The summed E-state index contributed by atoms with van der Waals surface area (Å²) in [4.78, 5) is 0. The highest BCUT2D eigenvalue weighted by molar-refractivity contribution is 5.17. The molecule has 0 aromatic heterocycles. The van der Waals surface area contributed by atoms with E-state index < -0.39 is 37.0 Å². The fourth-order valence-electron chi connectivity index (χ4n) is 4.24. The zero-order valence-corrected chi connectivity index (χ0v) is 18.2. The fourth-order valence-corrected chi connectivity index (χ4v) is 4.24. The molecule has 3 aromatic rings. The number of aliphatic hydroxyl groups excluding tert-OH is 1. The van der Waals surface area contributed by atoms with Gasteiger partial charge in [-0.05, 0) is 11.1 Å². The van der Waals surface area contributed by atoms with Crippen molar-refractivity contribution in [3.63, 3.8) is 0 Å². The Kier molecular flexibility index (Phi) is 7.12. The Morgan fingerprint density at radius 2 is 1.24 bits per heavy atom. The first kappa shape index (κ1) is 22.2. The molecule has 0 spiro atoms. The topological polar surface area (TPSA) is 66.4 Å². The smallest absolute Gasteiger partial charge is 0.184 e. The first-order valence-corrected chi connectivity index (χ1v) is 11.2. The van der Waals surface area contributed by atoms with E-state index >= 15 is 0 Å². The first-order chi connectivity index (χ1) is 16.3. The van der Waals surface area contributed by atoms with Gasteiger partial charge in [0.15, 0.2) is 12.6 Å². The second kappa shape index (κ2) is 10.6. The van der Waals surface area contributed by atoms with E-state index in [1.165, 1.54) is 0 Å².